The van der Waals surface area contributed by atoms with Crippen LogP contribution >= 0.6 is 0 Å². The molecule has 0 saturated carbocycles. The summed E-state index contributed by atoms with van der Waals surface area (Å²) in [6.45, 7) is 7.31. The van der Waals surface area contributed by atoms with Crippen LogP contribution in [0, 0.1) is 11.8 Å². The smallest absolute Gasteiger partial charge is 0.326 e. The standard InChI is InChI=1S/C28H41N5O7/c1-5-16(4)24(27(38)31-21(28(39)40)10-11-23(34)35)33-26(37)22(12-15(2)3)32-25(36)19(29)13-17-14-30-20-9-7-6-8-18(17)20/h6-9,14-16,19,21-22,24,30H,5,10-13,29H2,1-4H3,(H,31,38)(H,32,36)(H,33,37)(H,34,35)(H,39,40). The molecule has 40 heavy (non-hydrogen) atoms. The van der Waals surface area contributed by atoms with Gasteiger partial charge >= 0.3 is 11.9 Å². The Morgan fingerprint density at radius 1 is 0.925 bits per heavy atom. The molecule has 0 aliphatic heterocycles. The number of benzene rings is 1. The van der Waals surface area contributed by atoms with E-state index in [2.05, 4.69) is 20.9 Å². The summed E-state index contributed by atoms with van der Waals surface area (Å²) in [4.78, 5) is 65.0. The third-order valence-electron chi connectivity index (χ3n) is 6.85. The molecule has 1 aromatic heterocycles. The lowest BCUT2D eigenvalue weighted by atomic mass is 9.96. The number of nitrogens with one attached hydrogen (secondary N) is 4. The molecule has 0 aliphatic rings. The maximum Gasteiger partial charge on any atom is 0.326 e. The van der Waals surface area contributed by atoms with Gasteiger partial charge in [-0.05, 0) is 42.7 Å². The molecule has 0 radical (unpaired) electrons. The fourth-order valence-electron chi connectivity index (χ4n) is 4.35. The normalized spacial score (nSPS) is 15.1. The van der Waals surface area contributed by atoms with E-state index in [1.807, 2.05) is 45.0 Å². The highest BCUT2D eigenvalue weighted by Crippen LogP contribution is 2.19. The van der Waals surface area contributed by atoms with Crippen LogP contribution in [0.3, 0.4) is 0 Å². The molecular weight excluding hydrogens is 518 g/mol. The lowest BCUT2D eigenvalue weighted by Gasteiger charge is -2.28. The topological polar surface area (TPSA) is 204 Å². The van der Waals surface area contributed by atoms with Gasteiger partial charge in [0.05, 0.1) is 6.04 Å². The van der Waals surface area contributed by atoms with Gasteiger partial charge < -0.3 is 36.9 Å². The first-order valence-electron chi connectivity index (χ1n) is 13.5. The average Bonchev–Trinajstić information content (AvgIpc) is 3.30. The van der Waals surface area contributed by atoms with Crippen molar-refractivity contribution in [2.75, 3.05) is 0 Å². The van der Waals surface area contributed by atoms with Crippen molar-refractivity contribution in [1.29, 1.82) is 0 Å². The molecule has 12 heteroatoms. The molecule has 0 bridgehead atoms. The van der Waals surface area contributed by atoms with Gasteiger partial charge in [-0.3, -0.25) is 19.2 Å². The van der Waals surface area contributed by atoms with Crippen LogP contribution < -0.4 is 21.7 Å². The van der Waals surface area contributed by atoms with E-state index in [1.165, 1.54) is 0 Å². The van der Waals surface area contributed by atoms with Crippen LogP contribution in [0.2, 0.25) is 0 Å². The molecule has 0 spiro atoms. The monoisotopic (exact) mass is 559 g/mol. The zero-order valence-corrected chi connectivity index (χ0v) is 23.4. The summed E-state index contributed by atoms with van der Waals surface area (Å²) in [6, 6.07) is 3.19. The molecule has 0 fully saturated rings. The van der Waals surface area contributed by atoms with Crippen LogP contribution in [0.15, 0.2) is 30.5 Å². The highest BCUT2D eigenvalue weighted by atomic mass is 16.4. The molecule has 0 aliphatic carbocycles. The van der Waals surface area contributed by atoms with Crippen molar-refractivity contribution < 1.29 is 34.2 Å². The second-order valence-corrected chi connectivity index (χ2v) is 10.6. The number of hydrogen-bond acceptors (Lipinski definition) is 6. The van der Waals surface area contributed by atoms with Crippen LogP contribution in [-0.4, -0.2) is 69.0 Å². The number of para-hydroxylation sites is 1. The summed E-state index contributed by atoms with van der Waals surface area (Å²) in [6.07, 6.45) is 2.06. The predicted octanol–water partition coefficient (Wildman–Crippen LogP) is 1.53. The Labute approximate surface area is 233 Å². The largest absolute Gasteiger partial charge is 0.481 e. The molecular formula is C28H41N5O7. The van der Waals surface area contributed by atoms with Crippen molar-refractivity contribution >= 4 is 40.6 Å². The van der Waals surface area contributed by atoms with E-state index >= 15 is 0 Å². The van der Waals surface area contributed by atoms with E-state index in [4.69, 9.17) is 10.8 Å². The summed E-state index contributed by atoms with van der Waals surface area (Å²) in [5, 5.41) is 27.0. The van der Waals surface area contributed by atoms with E-state index in [1.54, 1.807) is 13.1 Å². The number of carboxylic acid groups (broad SMARTS) is 2. The van der Waals surface area contributed by atoms with Crippen molar-refractivity contribution in [2.24, 2.45) is 17.6 Å². The number of amides is 3. The third-order valence-corrected chi connectivity index (χ3v) is 6.85. The summed E-state index contributed by atoms with van der Waals surface area (Å²) < 4.78 is 0. The van der Waals surface area contributed by atoms with Crippen molar-refractivity contribution in [3.8, 4) is 0 Å². The number of carboxylic acids is 2. The minimum Gasteiger partial charge on any atom is -0.481 e. The van der Waals surface area contributed by atoms with Crippen molar-refractivity contribution in [3.05, 3.63) is 36.0 Å². The van der Waals surface area contributed by atoms with Gasteiger partial charge in [0, 0.05) is 23.5 Å². The number of aliphatic carboxylic acids is 2. The molecule has 12 nitrogen and oxygen atoms in total. The maximum atomic E-state index is 13.4. The summed E-state index contributed by atoms with van der Waals surface area (Å²) in [5.74, 6) is -4.79. The molecule has 5 unspecified atom stereocenters. The van der Waals surface area contributed by atoms with Crippen molar-refractivity contribution in [3.63, 3.8) is 0 Å². The highest BCUT2D eigenvalue weighted by molar-refractivity contribution is 5.94. The Morgan fingerprint density at radius 3 is 2.17 bits per heavy atom. The number of aromatic amines is 1. The third kappa shape index (κ3) is 9.37. The number of aromatic nitrogens is 1. The van der Waals surface area contributed by atoms with E-state index in [-0.39, 0.29) is 31.1 Å². The van der Waals surface area contributed by atoms with Crippen LogP contribution in [0.4, 0.5) is 0 Å². The second kappa shape index (κ2) is 15.0. The van der Waals surface area contributed by atoms with Crippen LogP contribution in [0.1, 0.15) is 58.9 Å². The minimum absolute atomic E-state index is 0.0178. The molecule has 5 atom stereocenters. The Hall–Kier alpha value is -3.93. The molecule has 1 aromatic carbocycles. The van der Waals surface area contributed by atoms with E-state index in [9.17, 15) is 29.1 Å². The fourth-order valence-corrected chi connectivity index (χ4v) is 4.35. The van der Waals surface area contributed by atoms with Gasteiger partial charge in [0.15, 0.2) is 0 Å². The number of hydrogen-bond donors (Lipinski definition) is 7. The molecule has 220 valence electrons. The quantitative estimate of drug-likeness (QED) is 0.160. The zero-order valence-electron chi connectivity index (χ0n) is 23.4. The Morgan fingerprint density at radius 2 is 1.57 bits per heavy atom. The van der Waals surface area contributed by atoms with Crippen molar-refractivity contribution in [1.82, 2.24) is 20.9 Å². The zero-order chi connectivity index (χ0) is 30.0. The summed E-state index contributed by atoms with van der Waals surface area (Å²) in [7, 11) is 0. The van der Waals surface area contributed by atoms with E-state index in [0.29, 0.717) is 6.42 Å². The van der Waals surface area contributed by atoms with Gasteiger partial charge in [0.1, 0.15) is 18.1 Å². The van der Waals surface area contributed by atoms with Gasteiger partial charge in [-0.15, -0.1) is 0 Å². The number of carbonyl (C=O) groups is 5. The first kappa shape index (κ1) is 32.3. The Kier molecular flexibility index (Phi) is 12.1. The lowest BCUT2D eigenvalue weighted by molar-refractivity contribution is -0.143. The molecule has 2 rings (SSSR count). The lowest BCUT2D eigenvalue weighted by Crippen LogP contribution is -2.59. The van der Waals surface area contributed by atoms with Crippen molar-refractivity contribution in [2.45, 2.75) is 84.0 Å². The number of rotatable bonds is 16. The van der Waals surface area contributed by atoms with Gasteiger partial charge in [-0.25, -0.2) is 4.79 Å². The molecule has 0 saturated heterocycles. The summed E-state index contributed by atoms with van der Waals surface area (Å²) in [5.41, 5.74) is 8.00. The molecule has 2 aromatic rings. The number of H-pyrrole nitrogens is 1. The fraction of sp³-hybridized carbons (Fsp3) is 0.536. The number of nitrogens with two attached hydrogens (primary N) is 1. The summed E-state index contributed by atoms with van der Waals surface area (Å²) >= 11 is 0. The molecule has 8 N–H and O–H groups in total. The maximum absolute atomic E-state index is 13.4. The van der Waals surface area contributed by atoms with Gasteiger partial charge in [0.2, 0.25) is 17.7 Å². The number of fused-ring (bicyclic) bond motifs is 1. The van der Waals surface area contributed by atoms with Gasteiger partial charge in [-0.2, -0.15) is 0 Å². The number of carbonyl (C=O) groups excluding carboxylic acids is 3. The van der Waals surface area contributed by atoms with Gasteiger partial charge in [0.25, 0.3) is 0 Å². The van der Waals surface area contributed by atoms with E-state index < -0.39 is 60.2 Å². The van der Waals surface area contributed by atoms with Crippen LogP contribution in [0.5, 0.6) is 0 Å². The van der Waals surface area contributed by atoms with Crippen LogP contribution in [0.25, 0.3) is 10.9 Å². The first-order valence-corrected chi connectivity index (χ1v) is 13.5. The first-order chi connectivity index (χ1) is 18.8. The average molecular weight is 560 g/mol. The SMILES string of the molecule is CCC(C)C(NC(=O)C(CC(C)C)NC(=O)C(N)Cc1c[nH]c2ccccc12)C(=O)NC(CCC(=O)O)C(=O)O. The van der Waals surface area contributed by atoms with Gasteiger partial charge in [-0.1, -0.05) is 52.3 Å². The van der Waals surface area contributed by atoms with E-state index in [0.717, 1.165) is 16.5 Å². The highest BCUT2D eigenvalue weighted by Gasteiger charge is 2.33. The Bertz CT molecular complexity index is 1190. The minimum atomic E-state index is -1.43. The molecule has 3 amide bonds. The predicted molar refractivity (Wildman–Crippen MR) is 149 cm³/mol. The van der Waals surface area contributed by atoms with Crippen LogP contribution in [-0.2, 0) is 30.4 Å². The Balaban J connectivity index is 2.14. The molecule has 1 heterocycles. The second-order valence-electron chi connectivity index (χ2n) is 10.6.